The number of hydrogen-bond donors (Lipinski definition) is 1. The predicted octanol–water partition coefficient (Wildman–Crippen LogP) is 4.78. The van der Waals surface area contributed by atoms with E-state index in [2.05, 4.69) is 66.8 Å². The summed E-state index contributed by atoms with van der Waals surface area (Å²) in [6.45, 7) is 13.1. The molecule has 11 heteroatoms. The van der Waals surface area contributed by atoms with Gasteiger partial charge in [-0.15, -0.1) is 0 Å². The van der Waals surface area contributed by atoms with Crippen LogP contribution in [0, 0.1) is 11.8 Å². The van der Waals surface area contributed by atoms with Gasteiger partial charge in [-0.05, 0) is 30.7 Å². The molecule has 47 heavy (non-hydrogen) atoms. The highest BCUT2D eigenvalue weighted by molar-refractivity contribution is 5.87. The van der Waals surface area contributed by atoms with Crippen molar-refractivity contribution in [1.82, 2.24) is 24.4 Å². The normalized spacial score (nSPS) is 18.5. The Morgan fingerprint density at radius 1 is 0.979 bits per heavy atom. The van der Waals surface area contributed by atoms with Crippen molar-refractivity contribution in [3.63, 3.8) is 0 Å². The summed E-state index contributed by atoms with van der Waals surface area (Å²) in [6.07, 6.45) is 3.50. The fraction of sp³-hybridized carbons (Fsp3) is 0.694. The van der Waals surface area contributed by atoms with Crippen molar-refractivity contribution in [3.05, 3.63) is 35.5 Å². The Labute approximate surface area is 280 Å². The Hall–Kier alpha value is -2.99. The number of carbonyl (C=O) groups is 3. The lowest BCUT2D eigenvalue weighted by atomic mass is 9.88. The van der Waals surface area contributed by atoms with Crippen molar-refractivity contribution in [2.45, 2.75) is 91.4 Å². The predicted molar refractivity (Wildman–Crippen MR) is 183 cm³/mol. The molecule has 0 aliphatic carbocycles. The smallest absolute Gasteiger partial charge is 0.305 e. The molecule has 0 radical (unpaired) electrons. The Bertz CT molecular complexity index is 1340. The molecule has 2 aliphatic rings. The Morgan fingerprint density at radius 2 is 1.66 bits per heavy atom. The summed E-state index contributed by atoms with van der Waals surface area (Å²) in [6, 6.07) is 9.01. The number of hydrazine groups is 1. The third-order valence-corrected chi connectivity index (χ3v) is 9.94. The molecule has 262 valence electrons. The minimum Gasteiger partial charge on any atom is -0.481 e. The molecule has 1 aromatic heterocycles. The number of hydrogen-bond acceptors (Lipinski definition) is 7. The lowest BCUT2D eigenvalue weighted by molar-refractivity contribution is -0.139. The van der Waals surface area contributed by atoms with Gasteiger partial charge in [0.05, 0.1) is 45.4 Å². The number of aliphatic carboxylic acids is 1. The SMILES string of the molecule is CCC(C)C1c2c(n(CCC(=O)N3CCC(N(CCOCCOCCC(=O)O)C(=O)CC(C)C)CC3)c3ccccc23)CN(C)N1C. The molecule has 1 N–H and O–H groups in total. The molecule has 0 saturated carbocycles. The lowest BCUT2D eigenvalue weighted by Gasteiger charge is -2.43. The molecule has 2 aliphatic heterocycles. The molecule has 2 amide bonds. The van der Waals surface area contributed by atoms with Crippen LogP contribution in [0.15, 0.2) is 24.3 Å². The second kappa shape index (κ2) is 17.4. The van der Waals surface area contributed by atoms with E-state index in [0.717, 1.165) is 25.8 Å². The molecule has 1 aromatic carbocycles. The van der Waals surface area contributed by atoms with Crippen molar-refractivity contribution >= 4 is 28.7 Å². The maximum absolute atomic E-state index is 13.6. The number of benzene rings is 1. The maximum atomic E-state index is 13.6. The number of likely N-dealkylation sites (tertiary alicyclic amines) is 1. The summed E-state index contributed by atoms with van der Waals surface area (Å²) in [7, 11) is 4.34. The van der Waals surface area contributed by atoms with Crippen LogP contribution in [0.4, 0.5) is 0 Å². The third kappa shape index (κ3) is 9.34. The Morgan fingerprint density at radius 3 is 2.32 bits per heavy atom. The summed E-state index contributed by atoms with van der Waals surface area (Å²) in [5.41, 5.74) is 3.93. The van der Waals surface area contributed by atoms with E-state index in [0.29, 0.717) is 70.8 Å². The number of ether oxygens (including phenoxy) is 2. The Balaban J connectivity index is 1.35. The van der Waals surface area contributed by atoms with Gasteiger partial charge in [0.15, 0.2) is 0 Å². The first-order chi connectivity index (χ1) is 22.5. The second-order valence-electron chi connectivity index (χ2n) is 13.7. The fourth-order valence-electron chi connectivity index (χ4n) is 7.16. The van der Waals surface area contributed by atoms with Crippen LogP contribution in [0.25, 0.3) is 10.9 Å². The van der Waals surface area contributed by atoms with E-state index >= 15 is 0 Å². The maximum Gasteiger partial charge on any atom is 0.305 e. The van der Waals surface area contributed by atoms with Gasteiger partial charge in [0, 0.05) is 81.3 Å². The Kier molecular flexibility index (Phi) is 13.7. The molecular weight excluding hydrogens is 598 g/mol. The molecule has 2 unspecified atom stereocenters. The first kappa shape index (κ1) is 36.8. The van der Waals surface area contributed by atoms with Gasteiger partial charge >= 0.3 is 5.97 Å². The monoisotopic (exact) mass is 655 g/mol. The number of rotatable bonds is 17. The van der Waals surface area contributed by atoms with Gasteiger partial charge in [0.25, 0.3) is 0 Å². The zero-order chi connectivity index (χ0) is 34.1. The van der Waals surface area contributed by atoms with E-state index in [-0.39, 0.29) is 36.8 Å². The van der Waals surface area contributed by atoms with E-state index in [4.69, 9.17) is 14.6 Å². The zero-order valence-electron chi connectivity index (χ0n) is 29.4. The van der Waals surface area contributed by atoms with E-state index in [1.807, 2.05) is 23.6 Å². The highest BCUT2D eigenvalue weighted by Gasteiger charge is 2.36. The average molecular weight is 656 g/mol. The molecule has 0 bridgehead atoms. The number of aromatic nitrogens is 1. The summed E-state index contributed by atoms with van der Waals surface area (Å²) in [5.74, 6) is 0.156. The number of amides is 2. The van der Waals surface area contributed by atoms with Crippen molar-refractivity contribution in [3.8, 4) is 0 Å². The molecule has 2 aromatic rings. The van der Waals surface area contributed by atoms with Gasteiger partial charge in [0.1, 0.15) is 0 Å². The molecule has 11 nitrogen and oxygen atoms in total. The van der Waals surface area contributed by atoms with Crippen molar-refractivity contribution < 1.29 is 29.0 Å². The molecular formula is C36H57N5O6. The van der Waals surface area contributed by atoms with Crippen LogP contribution in [-0.2, 0) is 36.9 Å². The number of carboxylic acids is 1. The number of fused-ring (bicyclic) bond motifs is 3. The largest absolute Gasteiger partial charge is 0.481 e. The topological polar surface area (TPSA) is 108 Å². The molecule has 3 heterocycles. The van der Waals surface area contributed by atoms with Crippen LogP contribution < -0.4 is 0 Å². The number of para-hydroxylation sites is 1. The number of carboxylic acid groups (broad SMARTS) is 1. The summed E-state index contributed by atoms with van der Waals surface area (Å²) in [4.78, 5) is 41.4. The standard InChI is InChI=1S/C36H57N5O6/c1-7-27(4)36-35-29-10-8-9-11-30(29)41(31(35)25-37(5)38(36)6)18-14-32(42)39-16-12-28(13-17-39)40(33(43)24-26(2)3)19-21-47-23-22-46-20-15-34(44)45/h8-11,26-28,36H,7,12-25H2,1-6H3,(H,44,45). The minimum atomic E-state index is -0.887. The van der Waals surface area contributed by atoms with Gasteiger partial charge in [-0.1, -0.05) is 52.3 Å². The van der Waals surface area contributed by atoms with E-state index in [1.165, 1.54) is 22.2 Å². The zero-order valence-corrected chi connectivity index (χ0v) is 29.4. The van der Waals surface area contributed by atoms with Crippen LogP contribution >= 0.6 is 0 Å². The van der Waals surface area contributed by atoms with Crippen molar-refractivity contribution in [2.75, 3.05) is 60.2 Å². The first-order valence-corrected chi connectivity index (χ1v) is 17.5. The van der Waals surface area contributed by atoms with Crippen LogP contribution in [-0.4, -0.2) is 113 Å². The van der Waals surface area contributed by atoms with E-state index in [9.17, 15) is 14.4 Å². The third-order valence-electron chi connectivity index (χ3n) is 9.94. The van der Waals surface area contributed by atoms with Gasteiger partial charge in [-0.25, -0.2) is 10.0 Å². The second-order valence-corrected chi connectivity index (χ2v) is 13.7. The molecule has 1 fully saturated rings. The molecule has 2 atom stereocenters. The van der Waals surface area contributed by atoms with Crippen molar-refractivity contribution in [2.24, 2.45) is 11.8 Å². The van der Waals surface area contributed by atoms with Crippen LogP contribution in [0.3, 0.4) is 0 Å². The van der Waals surface area contributed by atoms with Crippen LogP contribution in [0.2, 0.25) is 0 Å². The number of piperidine rings is 1. The van der Waals surface area contributed by atoms with Gasteiger partial charge < -0.3 is 28.9 Å². The summed E-state index contributed by atoms with van der Waals surface area (Å²) in [5, 5.41) is 14.7. The summed E-state index contributed by atoms with van der Waals surface area (Å²) >= 11 is 0. The molecule has 0 spiro atoms. The van der Waals surface area contributed by atoms with E-state index < -0.39 is 5.97 Å². The van der Waals surface area contributed by atoms with E-state index in [1.54, 1.807) is 0 Å². The van der Waals surface area contributed by atoms with Crippen LogP contribution in [0.5, 0.6) is 0 Å². The van der Waals surface area contributed by atoms with Gasteiger partial charge in [-0.2, -0.15) is 0 Å². The van der Waals surface area contributed by atoms with Crippen molar-refractivity contribution in [1.29, 1.82) is 0 Å². The lowest BCUT2D eigenvalue weighted by Crippen LogP contribution is -2.50. The number of nitrogens with zero attached hydrogens (tertiary/aromatic N) is 5. The number of carbonyl (C=O) groups excluding carboxylic acids is 2. The summed E-state index contributed by atoms with van der Waals surface area (Å²) < 4.78 is 13.4. The first-order valence-electron chi connectivity index (χ1n) is 17.5. The molecule has 4 rings (SSSR count). The molecule has 1 saturated heterocycles. The highest BCUT2D eigenvalue weighted by Crippen LogP contribution is 2.42. The van der Waals surface area contributed by atoms with Gasteiger partial charge in [0.2, 0.25) is 11.8 Å². The highest BCUT2D eigenvalue weighted by atomic mass is 16.5. The van der Waals surface area contributed by atoms with Gasteiger partial charge in [-0.3, -0.25) is 14.4 Å². The quantitative estimate of drug-likeness (QED) is 0.243. The number of aryl methyl sites for hydroxylation is 1. The fourth-order valence-corrected chi connectivity index (χ4v) is 7.16. The minimum absolute atomic E-state index is 0.0296. The van der Waals surface area contributed by atoms with Crippen LogP contribution in [0.1, 0.15) is 83.5 Å². The average Bonchev–Trinajstić information content (AvgIpc) is 3.35.